The first kappa shape index (κ1) is 18.0. The number of pyridine rings is 1. The van der Waals surface area contributed by atoms with Crippen LogP contribution in [0.5, 0.6) is 0 Å². The molecule has 1 aliphatic heterocycles. The highest BCUT2D eigenvalue weighted by molar-refractivity contribution is 5.95. The Hall–Kier alpha value is -2.41. The second kappa shape index (κ2) is 6.05. The average molecular weight is 373 g/mol. The number of carboxylic acid groups (broad SMARTS) is 1. The van der Waals surface area contributed by atoms with E-state index in [-0.39, 0.29) is 28.1 Å². The summed E-state index contributed by atoms with van der Waals surface area (Å²) in [4.78, 5) is 26.3. The molecule has 0 spiro atoms. The molecule has 1 aliphatic carbocycles. The van der Waals surface area contributed by atoms with Crippen LogP contribution in [0.4, 0.5) is 10.1 Å². The minimum absolute atomic E-state index is 0.142. The van der Waals surface area contributed by atoms with Crippen molar-refractivity contribution in [1.29, 1.82) is 0 Å². The monoisotopic (exact) mass is 373 g/mol. The van der Waals surface area contributed by atoms with Gasteiger partial charge in [-0.2, -0.15) is 0 Å². The number of hydrogen-bond donors (Lipinski definition) is 2. The molecule has 1 saturated carbocycles. The number of carbonyl (C=O) groups is 1. The van der Waals surface area contributed by atoms with E-state index in [1.54, 1.807) is 13.0 Å². The maximum Gasteiger partial charge on any atom is 0.341 e. The van der Waals surface area contributed by atoms with E-state index in [0.29, 0.717) is 24.3 Å². The molecule has 0 amide bonds. The van der Waals surface area contributed by atoms with E-state index in [1.165, 1.54) is 6.20 Å². The van der Waals surface area contributed by atoms with Gasteiger partial charge in [-0.1, -0.05) is 0 Å². The zero-order chi connectivity index (χ0) is 19.5. The average Bonchev–Trinajstić information content (AvgIpc) is 3.41. The lowest BCUT2D eigenvalue weighted by molar-refractivity contribution is 0.0695. The quantitative estimate of drug-likeness (QED) is 0.865. The Morgan fingerprint density at radius 1 is 1.37 bits per heavy atom. The number of anilines is 1. The molecule has 2 aromatic rings. The van der Waals surface area contributed by atoms with Gasteiger partial charge in [0.2, 0.25) is 5.43 Å². The smallest absolute Gasteiger partial charge is 0.341 e. The summed E-state index contributed by atoms with van der Waals surface area (Å²) in [5.74, 6) is -1.72. The first-order valence-electron chi connectivity index (χ1n) is 9.31. The Bertz CT molecular complexity index is 1010. The minimum atomic E-state index is -1.27. The first-order valence-corrected chi connectivity index (χ1v) is 9.31. The molecule has 0 atom stereocenters. The fourth-order valence-electron chi connectivity index (χ4n) is 4.04. The predicted octanol–water partition coefficient (Wildman–Crippen LogP) is 2.67. The molecule has 0 unspecified atom stereocenters. The van der Waals surface area contributed by atoms with Crippen molar-refractivity contribution in [1.82, 2.24) is 9.88 Å². The molecule has 2 N–H and O–H groups in total. The lowest BCUT2D eigenvalue weighted by Gasteiger charge is -2.40. The van der Waals surface area contributed by atoms with Gasteiger partial charge in [-0.05, 0) is 39.7 Å². The third-order valence-electron chi connectivity index (χ3n) is 5.56. The summed E-state index contributed by atoms with van der Waals surface area (Å²) >= 11 is 0. The van der Waals surface area contributed by atoms with Crippen LogP contribution in [-0.2, 0) is 0 Å². The summed E-state index contributed by atoms with van der Waals surface area (Å²) in [5.41, 5.74) is 0.271. The van der Waals surface area contributed by atoms with Crippen LogP contribution in [-0.4, -0.2) is 40.8 Å². The number of aromatic nitrogens is 1. The van der Waals surface area contributed by atoms with Gasteiger partial charge in [-0.15, -0.1) is 0 Å². The third-order valence-corrected chi connectivity index (χ3v) is 5.56. The molecule has 1 aromatic carbocycles. The largest absolute Gasteiger partial charge is 0.477 e. The van der Waals surface area contributed by atoms with Crippen LogP contribution < -0.4 is 15.6 Å². The molecule has 0 radical (unpaired) electrons. The van der Waals surface area contributed by atoms with Gasteiger partial charge in [0, 0.05) is 43.0 Å². The molecular formula is C20H24FN3O3. The van der Waals surface area contributed by atoms with E-state index in [9.17, 15) is 14.7 Å². The summed E-state index contributed by atoms with van der Waals surface area (Å²) in [6, 6.07) is 1.90. The number of aryl methyl sites for hydroxylation is 1. The van der Waals surface area contributed by atoms with E-state index in [2.05, 4.69) is 19.2 Å². The van der Waals surface area contributed by atoms with E-state index < -0.39 is 17.2 Å². The molecule has 2 heterocycles. The van der Waals surface area contributed by atoms with Gasteiger partial charge < -0.3 is 19.9 Å². The highest BCUT2D eigenvalue weighted by atomic mass is 19.1. The van der Waals surface area contributed by atoms with Crippen LogP contribution >= 0.6 is 0 Å². The zero-order valence-electron chi connectivity index (χ0n) is 15.8. The number of rotatable bonds is 3. The van der Waals surface area contributed by atoms with Crippen molar-refractivity contribution in [2.75, 3.05) is 24.5 Å². The first-order chi connectivity index (χ1) is 12.7. The van der Waals surface area contributed by atoms with Crippen molar-refractivity contribution >= 4 is 22.6 Å². The number of carboxylic acids is 1. The molecule has 6 nitrogen and oxygen atoms in total. The highest BCUT2D eigenvalue weighted by Gasteiger charge is 2.31. The Morgan fingerprint density at radius 3 is 2.67 bits per heavy atom. The van der Waals surface area contributed by atoms with Crippen LogP contribution in [0.1, 0.15) is 48.7 Å². The van der Waals surface area contributed by atoms with E-state index in [4.69, 9.17) is 0 Å². The summed E-state index contributed by atoms with van der Waals surface area (Å²) in [7, 11) is 0. The van der Waals surface area contributed by atoms with E-state index in [0.717, 1.165) is 19.4 Å². The number of aromatic carboxylic acids is 1. The summed E-state index contributed by atoms with van der Waals surface area (Å²) in [6.45, 7) is 7.78. The predicted molar refractivity (Wildman–Crippen MR) is 102 cm³/mol. The van der Waals surface area contributed by atoms with Gasteiger partial charge in [-0.25, -0.2) is 9.18 Å². The van der Waals surface area contributed by atoms with Crippen LogP contribution in [0.2, 0.25) is 0 Å². The van der Waals surface area contributed by atoms with Gasteiger partial charge in [0.1, 0.15) is 11.4 Å². The number of benzene rings is 1. The normalized spacial score (nSPS) is 19.5. The second-order valence-electron chi connectivity index (χ2n) is 8.28. The molecular weight excluding hydrogens is 349 g/mol. The van der Waals surface area contributed by atoms with Crippen molar-refractivity contribution in [3.63, 3.8) is 0 Å². The lowest BCUT2D eigenvalue weighted by atomic mass is 9.99. The summed E-state index contributed by atoms with van der Waals surface area (Å²) < 4.78 is 17.1. The maximum absolute atomic E-state index is 15.3. The van der Waals surface area contributed by atoms with E-state index in [1.807, 2.05) is 9.47 Å². The van der Waals surface area contributed by atoms with Gasteiger partial charge >= 0.3 is 5.97 Å². The molecule has 1 aromatic heterocycles. The summed E-state index contributed by atoms with van der Waals surface area (Å²) in [5, 5.41) is 13.0. The van der Waals surface area contributed by atoms with Gasteiger partial charge in [0.05, 0.1) is 16.6 Å². The molecule has 7 heteroatoms. The van der Waals surface area contributed by atoms with Crippen LogP contribution in [0.3, 0.4) is 0 Å². The number of piperazine rings is 1. The third kappa shape index (κ3) is 3.00. The Labute approximate surface area is 156 Å². The number of nitrogens with zero attached hydrogens (tertiary/aromatic N) is 2. The molecule has 144 valence electrons. The lowest BCUT2D eigenvalue weighted by Crippen LogP contribution is -2.57. The van der Waals surface area contributed by atoms with Gasteiger partial charge in [0.25, 0.3) is 0 Å². The van der Waals surface area contributed by atoms with Crippen LogP contribution in [0.25, 0.3) is 10.9 Å². The maximum atomic E-state index is 15.3. The van der Waals surface area contributed by atoms with Gasteiger partial charge in [-0.3, -0.25) is 4.79 Å². The minimum Gasteiger partial charge on any atom is -0.477 e. The van der Waals surface area contributed by atoms with E-state index >= 15 is 4.39 Å². The number of nitrogens with one attached hydrogen (secondary N) is 1. The zero-order valence-corrected chi connectivity index (χ0v) is 15.8. The van der Waals surface area contributed by atoms with Crippen molar-refractivity contribution in [3.8, 4) is 0 Å². The second-order valence-corrected chi connectivity index (χ2v) is 8.28. The standard InChI is InChI=1S/C20H24FN3O3/c1-11-16-14(24(12-4-5-12)9-13(18(16)25)19(26)27)8-15(17(11)21)23-7-6-22-20(2,3)10-23/h8-9,12,22H,4-7,10H2,1-3H3,(H,26,27). The highest BCUT2D eigenvalue weighted by Crippen LogP contribution is 2.39. The Kier molecular flexibility index (Phi) is 4.03. The Balaban J connectivity index is 1.98. The molecule has 27 heavy (non-hydrogen) atoms. The molecule has 4 rings (SSSR count). The van der Waals surface area contributed by atoms with Crippen molar-refractivity contribution in [3.05, 3.63) is 39.4 Å². The van der Waals surface area contributed by atoms with Crippen molar-refractivity contribution in [2.45, 2.75) is 45.2 Å². The topological polar surface area (TPSA) is 74.6 Å². The molecule has 1 saturated heterocycles. The number of fused-ring (bicyclic) bond motifs is 1. The number of halogens is 1. The van der Waals surface area contributed by atoms with Crippen molar-refractivity contribution in [2.24, 2.45) is 0 Å². The van der Waals surface area contributed by atoms with Crippen molar-refractivity contribution < 1.29 is 14.3 Å². The fourth-order valence-corrected chi connectivity index (χ4v) is 4.04. The fraction of sp³-hybridized carbons (Fsp3) is 0.500. The Morgan fingerprint density at radius 2 is 2.07 bits per heavy atom. The SMILES string of the molecule is Cc1c(F)c(N2CCNC(C)(C)C2)cc2c1c(=O)c(C(=O)O)cn2C1CC1. The molecule has 2 aliphatic rings. The number of hydrogen-bond acceptors (Lipinski definition) is 4. The molecule has 0 bridgehead atoms. The van der Waals surface area contributed by atoms with Gasteiger partial charge in [0.15, 0.2) is 0 Å². The summed E-state index contributed by atoms with van der Waals surface area (Å²) in [6.07, 6.45) is 3.29. The molecule has 2 fully saturated rings. The van der Waals surface area contributed by atoms with Crippen LogP contribution in [0.15, 0.2) is 17.1 Å². The van der Waals surface area contributed by atoms with Crippen LogP contribution in [0, 0.1) is 12.7 Å².